The number of hydrogen-bond acceptors (Lipinski definition) is 5. The highest BCUT2D eigenvalue weighted by atomic mass is 32.2. The Morgan fingerprint density at radius 1 is 0.767 bits per heavy atom. The number of hydrogen-bond donors (Lipinski definition) is 3. The Labute approximate surface area is 251 Å². The zero-order valence-corrected chi connectivity index (χ0v) is 24.5. The highest BCUT2D eigenvalue weighted by molar-refractivity contribution is 7.89. The van der Waals surface area contributed by atoms with E-state index >= 15 is 0 Å². The fourth-order valence-corrected chi connectivity index (χ4v) is 5.15. The number of carboxylic acid groups (broad SMARTS) is 1. The second-order valence-electron chi connectivity index (χ2n) is 10.1. The minimum absolute atomic E-state index is 0.0226. The highest BCUT2D eigenvalue weighted by Crippen LogP contribution is 2.28. The summed E-state index contributed by atoms with van der Waals surface area (Å²) in [6.45, 7) is 2.49. The number of aliphatic carboxylic acids is 1. The molecule has 4 N–H and O–H groups in total. The third kappa shape index (κ3) is 8.37. The minimum Gasteiger partial charge on any atom is -0.481 e. The molecule has 4 aromatic carbocycles. The van der Waals surface area contributed by atoms with Gasteiger partial charge in [-0.3, -0.25) is 14.4 Å². The Hall–Kier alpha value is -4.80. The van der Waals surface area contributed by atoms with Gasteiger partial charge in [0.15, 0.2) is 0 Å². The number of nitrogens with one attached hydrogen (secondary N) is 1. The zero-order chi connectivity index (χ0) is 31.0. The molecule has 0 saturated carbocycles. The summed E-state index contributed by atoms with van der Waals surface area (Å²) >= 11 is 0. The molecule has 0 fully saturated rings. The van der Waals surface area contributed by atoms with Gasteiger partial charge in [0.05, 0.1) is 11.3 Å². The standard InChI is InChI=1S/C33H33N3O6S/c1-23-10-12-25(13-11-23)22-35-32(39)29-8-4-2-6-27(29)28-7-3-5-9-30(28)33(40)36(21-19-31(37)38)20-18-24-14-16-26(17-15-24)43(34,41)42/h2-17H,18-22H2,1H3,(H,35,39)(H,37,38)(H2,34,41,42). The van der Waals surface area contributed by atoms with Gasteiger partial charge in [-0.1, -0.05) is 78.4 Å². The number of primary sulfonamides is 1. The van der Waals surface area contributed by atoms with Crippen LogP contribution < -0.4 is 10.5 Å². The lowest BCUT2D eigenvalue weighted by Gasteiger charge is -2.24. The van der Waals surface area contributed by atoms with Crippen molar-refractivity contribution in [3.63, 3.8) is 0 Å². The maximum atomic E-state index is 13.9. The molecule has 0 unspecified atom stereocenters. The van der Waals surface area contributed by atoms with E-state index in [2.05, 4.69) is 5.32 Å². The minimum atomic E-state index is -3.84. The van der Waals surface area contributed by atoms with Gasteiger partial charge in [0.1, 0.15) is 0 Å². The molecule has 222 valence electrons. The number of nitrogens with two attached hydrogens (primary N) is 1. The molecule has 4 rings (SSSR count). The van der Waals surface area contributed by atoms with E-state index in [0.29, 0.717) is 35.2 Å². The van der Waals surface area contributed by atoms with Crippen LogP contribution in [0.1, 0.15) is 43.8 Å². The molecular weight excluding hydrogens is 566 g/mol. The van der Waals surface area contributed by atoms with Crippen LogP contribution in [0.5, 0.6) is 0 Å². The van der Waals surface area contributed by atoms with Crippen molar-refractivity contribution in [2.45, 2.75) is 31.2 Å². The van der Waals surface area contributed by atoms with E-state index in [1.165, 1.54) is 17.0 Å². The monoisotopic (exact) mass is 599 g/mol. The number of rotatable bonds is 12. The summed E-state index contributed by atoms with van der Waals surface area (Å²) in [5.41, 5.74) is 4.69. The molecule has 0 aliphatic rings. The second kappa shape index (κ2) is 13.9. The number of carboxylic acids is 1. The van der Waals surface area contributed by atoms with Crippen molar-refractivity contribution < 1.29 is 27.9 Å². The zero-order valence-electron chi connectivity index (χ0n) is 23.7. The van der Waals surface area contributed by atoms with Crippen molar-refractivity contribution in [3.05, 3.63) is 125 Å². The summed E-state index contributed by atoms with van der Waals surface area (Å²) in [4.78, 5) is 40.1. The van der Waals surface area contributed by atoms with Crippen LogP contribution in [0.4, 0.5) is 0 Å². The molecule has 0 radical (unpaired) electrons. The molecule has 0 bridgehead atoms. The third-order valence-corrected chi connectivity index (χ3v) is 7.93. The molecule has 2 amide bonds. The molecule has 10 heteroatoms. The summed E-state index contributed by atoms with van der Waals surface area (Å²) in [6.07, 6.45) is 0.104. The molecule has 0 aliphatic heterocycles. The van der Waals surface area contributed by atoms with Crippen molar-refractivity contribution in [2.75, 3.05) is 13.1 Å². The third-order valence-electron chi connectivity index (χ3n) is 7.00. The van der Waals surface area contributed by atoms with Gasteiger partial charge in [-0.2, -0.15) is 0 Å². The number of benzene rings is 4. The maximum absolute atomic E-state index is 13.9. The molecule has 0 heterocycles. The normalized spacial score (nSPS) is 11.1. The van der Waals surface area contributed by atoms with Crippen LogP contribution in [0.3, 0.4) is 0 Å². The summed E-state index contributed by atoms with van der Waals surface area (Å²) in [7, 11) is -3.84. The second-order valence-corrected chi connectivity index (χ2v) is 11.7. The fraction of sp³-hybridized carbons (Fsp3) is 0.182. The Morgan fingerprint density at radius 2 is 1.33 bits per heavy atom. The smallest absolute Gasteiger partial charge is 0.305 e. The predicted molar refractivity (Wildman–Crippen MR) is 164 cm³/mol. The largest absolute Gasteiger partial charge is 0.481 e. The molecule has 0 atom stereocenters. The number of carbonyl (C=O) groups is 3. The summed E-state index contributed by atoms with van der Waals surface area (Å²) in [6, 6.07) is 27.8. The molecular formula is C33H33N3O6S. The molecule has 9 nitrogen and oxygen atoms in total. The van der Waals surface area contributed by atoms with Crippen molar-refractivity contribution in [2.24, 2.45) is 5.14 Å². The average molecular weight is 600 g/mol. The maximum Gasteiger partial charge on any atom is 0.305 e. The topological polar surface area (TPSA) is 147 Å². The van der Waals surface area contributed by atoms with E-state index in [0.717, 1.165) is 16.7 Å². The van der Waals surface area contributed by atoms with E-state index in [1.54, 1.807) is 60.7 Å². The quantitative estimate of drug-likeness (QED) is 0.220. The van der Waals surface area contributed by atoms with Gasteiger partial charge in [0.2, 0.25) is 10.0 Å². The van der Waals surface area contributed by atoms with Crippen LogP contribution >= 0.6 is 0 Å². The summed E-state index contributed by atoms with van der Waals surface area (Å²) in [5, 5.41) is 17.5. The summed E-state index contributed by atoms with van der Waals surface area (Å²) < 4.78 is 23.2. The first-order valence-electron chi connectivity index (χ1n) is 13.7. The molecule has 0 saturated heterocycles. The van der Waals surface area contributed by atoms with E-state index in [4.69, 9.17) is 5.14 Å². The van der Waals surface area contributed by atoms with Crippen LogP contribution in [-0.2, 0) is 27.8 Å². The number of nitrogens with zero attached hydrogens (tertiary/aromatic N) is 1. The number of amides is 2. The van der Waals surface area contributed by atoms with Crippen LogP contribution in [0.15, 0.2) is 102 Å². The number of aryl methyl sites for hydroxylation is 1. The predicted octanol–water partition coefficient (Wildman–Crippen LogP) is 4.40. The lowest BCUT2D eigenvalue weighted by molar-refractivity contribution is -0.137. The average Bonchev–Trinajstić information content (AvgIpc) is 3.00. The van der Waals surface area contributed by atoms with Gasteiger partial charge in [0, 0.05) is 30.8 Å². The Kier molecular flexibility index (Phi) is 10.1. The Balaban J connectivity index is 1.59. The fourth-order valence-electron chi connectivity index (χ4n) is 4.63. The van der Waals surface area contributed by atoms with Crippen LogP contribution in [0.2, 0.25) is 0 Å². The van der Waals surface area contributed by atoms with Gasteiger partial charge < -0.3 is 15.3 Å². The number of sulfonamides is 1. The van der Waals surface area contributed by atoms with Gasteiger partial charge in [-0.15, -0.1) is 0 Å². The van der Waals surface area contributed by atoms with Gasteiger partial charge in [0.25, 0.3) is 11.8 Å². The van der Waals surface area contributed by atoms with Gasteiger partial charge in [-0.05, 0) is 59.9 Å². The van der Waals surface area contributed by atoms with Crippen molar-refractivity contribution in [1.82, 2.24) is 10.2 Å². The van der Waals surface area contributed by atoms with Crippen molar-refractivity contribution in [1.29, 1.82) is 0 Å². The van der Waals surface area contributed by atoms with Gasteiger partial charge in [-0.25, -0.2) is 13.6 Å². The highest BCUT2D eigenvalue weighted by Gasteiger charge is 2.22. The van der Waals surface area contributed by atoms with E-state index in [-0.39, 0.29) is 36.2 Å². The Bertz CT molecular complexity index is 1720. The Morgan fingerprint density at radius 3 is 1.93 bits per heavy atom. The van der Waals surface area contributed by atoms with Crippen molar-refractivity contribution in [3.8, 4) is 11.1 Å². The first kappa shape index (κ1) is 31.1. The van der Waals surface area contributed by atoms with Crippen LogP contribution in [0.25, 0.3) is 11.1 Å². The van der Waals surface area contributed by atoms with Crippen molar-refractivity contribution >= 4 is 27.8 Å². The number of carbonyl (C=O) groups excluding carboxylic acids is 2. The lowest BCUT2D eigenvalue weighted by Crippen LogP contribution is -2.35. The molecule has 0 spiro atoms. The van der Waals surface area contributed by atoms with Gasteiger partial charge >= 0.3 is 5.97 Å². The first-order valence-corrected chi connectivity index (χ1v) is 15.2. The van der Waals surface area contributed by atoms with Crippen LogP contribution in [0, 0.1) is 6.92 Å². The molecule has 43 heavy (non-hydrogen) atoms. The van der Waals surface area contributed by atoms with E-state index < -0.39 is 16.0 Å². The van der Waals surface area contributed by atoms with E-state index in [9.17, 15) is 27.9 Å². The first-order chi connectivity index (χ1) is 20.5. The SMILES string of the molecule is Cc1ccc(CNC(=O)c2ccccc2-c2ccccc2C(=O)N(CCC(=O)O)CCc2ccc(S(N)(=O)=O)cc2)cc1. The molecule has 4 aromatic rings. The molecule has 0 aliphatic carbocycles. The summed E-state index contributed by atoms with van der Waals surface area (Å²) in [5.74, 6) is -1.71. The lowest BCUT2D eigenvalue weighted by atomic mass is 9.94. The molecule has 0 aromatic heterocycles. The van der Waals surface area contributed by atoms with E-state index in [1.807, 2.05) is 31.2 Å². The van der Waals surface area contributed by atoms with Crippen LogP contribution in [-0.4, -0.2) is 49.3 Å².